The highest BCUT2D eigenvalue weighted by atomic mass is 16.1. The molecule has 3 N–H and O–H groups in total. The molecule has 1 aromatic rings. The van der Waals surface area contributed by atoms with Crippen molar-refractivity contribution >= 4 is 5.91 Å². The first-order valence-corrected chi connectivity index (χ1v) is 6.33. The molecule has 0 aromatic carbocycles. The standard InChI is InChI=1S/C14H23N3O/c1-14(2,3)17-13(18)7-6-11(9-15)12-5-4-8-16-10-12/h4-5,8,10-11H,6-7,9,15H2,1-3H3,(H,17,18). The Morgan fingerprint density at radius 2 is 2.22 bits per heavy atom. The maximum absolute atomic E-state index is 11.7. The number of carbonyl (C=O) groups is 1. The number of amides is 1. The van der Waals surface area contributed by atoms with Gasteiger partial charge in [0.1, 0.15) is 0 Å². The lowest BCUT2D eigenvalue weighted by Gasteiger charge is -2.21. The number of nitrogens with zero attached hydrogens (tertiary/aromatic N) is 1. The van der Waals surface area contributed by atoms with E-state index in [9.17, 15) is 4.79 Å². The van der Waals surface area contributed by atoms with Crippen LogP contribution in [0.15, 0.2) is 24.5 Å². The Morgan fingerprint density at radius 3 is 2.72 bits per heavy atom. The number of hydrogen-bond donors (Lipinski definition) is 2. The number of carbonyl (C=O) groups excluding carboxylic acids is 1. The number of hydrogen-bond acceptors (Lipinski definition) is 3. The molecule has 1 amide bonds. The van der Waals surface area contributed by atoms with Crippen molar-refractivity contribution in [1.82, 2.24) is 10.3 Å². The summed E-state index contributed by atoms with van der Waals surface area (Å²) in [5.74, 6) is 0.272. The molecule has 4 heteroatoms. The van der Waals surface area contributed by atoms with Crippen LogP contribution < -0.4 is 11.1 Å². The lowest BCUT2D eigenvalue weighted by Crippen LogP contribution is -2.40. The average Bonchev–Trinajstić information content (AvgIpc) is 2.29. The smallest absolute Gasteiger partial charge is 0.220 e. The first-order chi connectivity index (χ1) is 8.42. The molecule has 0 aliphatic heterocycles. The molecule has 0 spiro atoms. The van der Waals surface area contributed by atoms with Crippen molar-refractivity contribution in [2.24, 2.45) is 5.73 Å². The Bertz CT molecular complexity index is 370. The molecule has 100 valence electrons. The monoisotopic (exact) mass is 249 g/mol. The van der Waals surface area contributed by atoms with E-state index in [0.717, 1.165) is 12.0 Å². The molecule has 0 aliphatic rings. The van der Waals surface area contributed by atoms with E-state index in [1.807, 2.05) is 39.1 Å². The molecular formula is C14H23N3O. The molecule has 1 unspecified atom stereocenters. The molecule has 1 heterocycles. The molecule has 18 heavy (non-hydrogen) atoms. The Hall–Kier alpha value is -1.42. The van der Waals surface area contributed by atoms with Gasteiger partial charge in [0.25, 0.3) is 0 Å². The first kappa shape index (κ1) is 14.6. The van der Waals surface area contributed by atoms with Gasteiger partial charge in [-0.15, -0.1) is 0 Å². The van der Waals surface area contributed by atoms with Crippen LogP contribution in [0.25, 0.3) is 0 Å². The molecule has 0 radical (unpaired) electrons. The highest BCUT2D eigenvalue weighted by Gasteiger charge is 2.16. The second-order valence-electron chi connectivity index (χ2n) is 5.56. The van der Waals surface area contributed by atoms with E-state index in [4.69, 9.17) is 5.73 Å². The maximum Gasteiger partial charge on any atom is 0.220 e. The van der Waals surface area contributed by atoms with Gasteiger partial charge in [0.2, 0.25) is 5.91 Å². The highest BCUT2D eigenvalue weighted by molar-refractivity contribution is 5.76. The Kier molecular flexibility index (Phi) is 5.28. The lowest BCUT2D eigenvalue weighted by molar-refractivity contribution is -0.122. The lowest BCUT2D eigenvalue weighted by atomic mass is 9.95. The maximum atomic E-state index is 11.7. The third kappa shape index (κ3) is 5.27. The van der Waals surface area contributed by atoms with Crippen LogP contribution in [0.5, 0.6) is 0 Å². The van der Waals surface area contributed by atoms with Gasteiger partial charge in [0, 0.05) is 24.4 Å². The predicted octanol–water partition coefficient (Wildman–Crippen LogP) is 1.82. The van der Waals surface area contributed by atoms with Crippen LogP contribution in [0.3, 0.4) is 0 Å². The largest absolute Gasteiger partial charge is 0.352 e. The van der Waals surface area contributed by atoms with Gasteiger partial charge in [-0.2, -0.15) is 0 Å². The SMILES string of the molecule is CC(C)(C)NC(=O)CCC(CN)c1cccnc1. The van der Waals surface area contributed by atoms with Crippen molar-refractivity contribution in [3.8, 4) is 0 Å². The van der Waals surface area contributed by atoms with Crippen LogP contribution in [0, 0.1) is 0 Å². The van der Waals surface area contributed by atoms with E-state index in [2.05, 4.69) is 10.3 Å². The number of nitrogens with one attached hydrogen (secondary N) is 1. The minimum absolute atomic E-state index is 0.0739. The fourth-order valence-electron chi connectivity index (χ4n) is 1.82. The van der Waals surface area contributed by atoms with Crippen molar-refractivity contribution in [3.63, 3.8) is 0 Å². The molecule has 1 atom stereocenters. The van der Waals surface area contributed by atoms with Crippen molar-refractivity contribution in [2.45, 2.75) is 45.1 Å². The van der Waals surface area contributed by atoms with Crippen molar-refractivity contribution in [2.75, 3.05) is 6.54 Å². The van der Waals surface area contributed by atoms with E-state index in [0.29, 0.717) is 13.0 Å². The zero-order valence-electron chi connectivity index (χ0n) is 11.4. The van der Waals surface area contributed by atoms with Crippen LogP contribution in [0.2, 0.25) is 0 Å². The second kappa shape index (κ2) is 6.50. The van der Waals surface area contributed by atoms with Crippen molar-refractivity contribution in [1.29, 1.82) is 0 Å². The topological polar surface area (TPSA) is 68.0 Å². The summed E-state index contributed by atoms with van der Waals surface area (Å²) >= 11 is 0. The summed E-state index contributed by atoms with van der Waals surface area (Å²) in [5, 5.41) is 2.95. The Balaban J connectivity index is 2.48. The number of rotatable bonds is 5. The van der Waals surface area contributed by atoms with E-state index < -0.39 is 0 Å². The van der Waals surface area contributed by atoms with Gasteiger partial charge in [-0.1, -0.05) is 6.07 Å². The fourth-order valence-corrected chi connectivity index (χ4v) is 1.82. The number of pyridine rings is 1. The quantitative estimate of drug-likeness (QED) is 0.836. The van der Waals surface area contributed by atoms with Gasteiger partial charge in [0.05, 0.1) is 0 Å². The molecule has 1 aromatic heterocycles. The summed E-state index contributed by atoms with van der Waals surface area (Å²) in [7, 11) is 0. The summed E-state index contributed by atoms with van der Waals surface area (Å²) in [6.07, 6.45) is 4.81. The van der Waals surface area contributed by atoms with Gasteiger partial charge in [-0.3, -0.25) is 9.78 Å². The molecule has 0 aliphatic carbocycles. The molecule has 0 bridgehead atoms. The van der Waals surface area contributed by atoms with Gasteiger partial charge < -0.3 is 11.1 Å². The van der Waals surface area contributed by atoms with Crippen molar-refractivity contribution in [3.05, 3.63) is 30.1 Å². The summed E-state index contributed by atoms with van der Waals surface area (Å²) in [6, 6.07) is 3.90. The number of nitrogens with two attached hydrogens (primary N) is 1. The Labute approximate surface area is 109 Å². The van der Waals surface area contributed by atoms with Gasteiger partial charge >= 0.3 is 0 Å². The molecule has 0 saturated carbocycles. The predicted molar refractivity (Wildman–Crippen MR) is 73.2 cm³/mol. The zero-order valence-corrected chi connectivity index (χ0v) is 11.4. The summed E-state index contributed by atoms with van der Waals surface area (Å²) in [6.45, 7) is 6.47. The van der Waals surface area contributed by atoms with Crippen LogP contribution in [-0.4, -0.2) is 23.0 Å². The molecule has 0 fully saturated rings. The van der Waals surface area contributed by atoms with E-state index >= 15 is 0 Å². The first-order valence-electron chi connectivity index (χ1n) is 6.33. The van der Waals surface area contributed by atoms with E-state index in [-0.39, 0.29) is 17.4 Å². The zero-order chi connectivity index (χ0) is 13.6. The van der Waals surface area contributed by atoms with Crippen LogP contribution >= 0.6 is 0 Å². The average molecular weight is 249 g/mol. The van der Waals surface area contributed by atoms with Gasteiger partial charge in [-0.05, 0) is 51.3 Å². The summed E-state index contributed by atoms with van der Waals surface area (Å²) in [4.78, 5) is 15.8. The van der Waals surface area contributed by atoms with Crippen LogP contribution in [0.4, 0.5) is 0 Å². The van der Waals surface area contributed by atoms with Gasteiger partial charge in [0.15, 0.2) is 0 Å². The normalized spacial score (nSPS) is 13.1. The summed E-state index contributed by atoms with van der Waals surface area (Å²) < 4.78 is 0. The Morgan fingerprint density at radius 1 is 1.50 bits per heavy atom. The van der Waals surface area contributed by atoms with E-state index in [1.165, 1.54) is 0 Å². The molecule has 1 rings (SSSR count). The molecule has 4 nitrogen and oxygen atoms in total. The third-order valence-electron chi connectivity index (χ3n) is 2.67. The second-order valence-corrected chi connectivity index (χ2v) is 5.56. The number of aromatic nitrogens is 1. The highest BCUT2D eigenvalue weighted by Crippen LogP contribution is 2.19. The van der Waals surface area contributed by atoms with Crippen LogP contribution in [0.1, 0.15) is 45.1 Å². The van der Waals surface area contributed by atoms with Crippen LogP contribution in [-0.2, 0) is 4.79 Å². The molecular weight excluding hydrogens is 226 g/mol. The van der Waals surface area contributed by atoms with E-state index in [1.54, 1.807) is 6.20 Å². The van der Waals surface area contributed by atoms with Crippen molar-refractivity contribution < 1.29 is 4.79 Å². The minimum Gasteiger partial charge on any atom is -0.352 e. The molecule has 0 saturated heterocycles. The third-order valence-corrected chi connectivity index (χ3v) is 2.67. The van der Waals surface area contributed by atoms with Gasteiger partial charge in [-0.25, -0.2) is 0 Å². The summed E-state index contributed by atoms with van der Waals surface area (Å²) in [5.41, 5.74) is 6.68. The minimum atomic E-state index is -0.177. The fraction of sp³-hybridized carbons (Fsp3) is 0.571.